The molecule has 3 nitrogen and oxygen atoms in total. The Morgan fingerprint density at radius 3 is 2.92 bits per heavy atom. The lowest BCUT2D eigenvalue weighted by Crippen LogP contribution is -2.45. The highest BCUT2D eigenvalue weighted by Crippen LogP contribution is 2.31. The summed E-state index contributed by atoms with van der Waals surface area (Å²) >= 11 is 0. The summed E-state index contributed by atoms with van der Waals surface area (Å²) in [6.45, 7) is 1.48. The molecule has 0 saturated carbocycles. The van der Waals surface area contributed by atoms with Gasteiger partial charge in [-0.1, -0.05) is 0 Å². The van der Waals surface area contributed by atoms with Crippen molar-refractivity contribution in [2.24, 2.45) is 5.41 Å². The van der Waals surface area contributed by atoms with Gasteiger partial charge < -0.3 is 10.4 Å². The summed E-state index contributed by atoms with van der Waals surface area (Å²) in [6.07, 6.45) is 7.95. The first-order chi connectivity index (χ1) is 6.21. The maximum Gasteiger partial charge on any atom is 0.310 e. The van der Waals surface area contributed by atoms with Gasteiger partial charge in [-0.3, -0.25) is 4.79 Å². The van der Waals surface area contributed by atoms with Crippen molar-refractivity contribution in [2.75, 3.05) is 13.1 Å². The first-order valence-electron chi connectivity index (χ1n) is 4.59. The molecular formula is C10H15NO2. The summed E-state index contributed by atoms with van der Waals surface area (Å²) in [6, 6.07) is 0. The van der Waals surface area contributed by atoms with Crippen molar-refractivity contribution in [1.29, 1.82) is 0 Å². The van der Waals surface area contributed by atoms with Crippen LogP contribution in [0.4, 0.5) is 0 Å². The lowest BCUT2D eigenvalue weighted by Gasteiger charge is -2.33. The van der Waals surface area contributed by atoms with Gasteiger partial charge in [-0.15, -0.1) is 12.3 Å². The van der Waals surface area contributed by atoms with Crippen molar-refractivity contribution in [3.05, 3.63) is 0 Å². The van der Waals surface area contributed by atoms with E-state index in [-0.39, 0.29) is 0 Å². The zero-order chi connectivity index (χ0) is 9.73. The molecule has 0 aromatic rings. The smallest absolute Gasteiger partial charge is 0.310 e. The molecule has 1 aliphatic rings. The molecule has 0 bridgehead atoms. The quantitative estimate of drug-likeness (QED) is 0.635. The van der Waals surface area contributed by atoms with Gasteiger partial charge in [-0.2, -0.15) is 0 Å². The van der Waals surface area contributed by atoms with Crippen molar-refractivity contribution >= 4 is 5.97 Å². The fraction of sp³-hybridized carbons (Fsp3) is 0.700. The number of nitrogens with one attached hydrogen (secondary N) is 1. The molecule has 13 heavy (non-hydrogen) atoms. The molecule has 1 saturated heterocycles. The van der Waals surface area contributed by atoms with E-state index in [2.05, 4.69) is 11.2 Å². The fourth-order valence-electron chi connectivity index (χ4n) is 1.78. The second-order valence-electron chi connectivity index (χ2n) is 3.57. The van der Waals surface area contributed by atoms with E-state index in [1.54, 1.807) is 0 Å². The molecular weight excluding hydrogens is 166 g/mol. The molecule has 1 rings (SSSR count). The van der Waals surface area contributed by atoms with Gasteiger partial charge in [0, 0.05) is 13.0 Å². The Hall–Kier alpha value is -1.01. The van der Waals surface area contributed by atoms with Crippen LogP contribution in [0.2, 0.25) is 0 Å². The molecule has 1 aliphatic heterocycles. The number of carboxylic acid groups (broad SMARTS) is 1. The zero-order valence-corrected chi connectivity index (χ0v) is 7.68. The zero-order valence-electron chi connectivity index (χ0n) is 7.68. The van der Waals surface area contributed by atoms with Gasteiger partial charge >= 0.3 is 5.97 Å². The molecule has 1 unspecified atom stereocenters. The number of aliphatic carboxylic acids is 1. The van der Waals surface area contributed by atoms with Crippen LogP contribution in [0, 0.1) is 17.8 Å². The number of piperidine rings is 1. The summed E-state index contributed by atoms with van der Waals surface area (Å²) in [7, 11) is 0. The molecule has 2 N–H and O–H groups in total. The number of terminal acetylenes is 1. The van der Waals surface area contributed by atoms with Gasteiger partial charge in [0.2, 0.25) is 0 Å². The van der Waals surface area contributed by atoms with E-state index in [0.29, 0.717) is 19.4 Å². The second kappa shape index (κ2) is 4.29. The first-order valence-corrected chi connectivity index (χ1v) is 4.59. The van der Waals surface area contributed by atoms with Crippen molar-refractivity contribution < 1.29 is 9.90 Å². The molecule has 72 valence electrons. The van der Waals surface area contributed by atoms with Gasteiger partial charge in [0.05, 0.1) is 5.41 Å². The van der Waals surface area contributed by atoms with Gasteiger partial charge in [0.15, 0.2) is 0 Å². The van der Waals surface area contributed by atoms with Crippen LogP contribution < -0.4 is 5.32 Å². The minimum absolute atomic E-state index is 0.550. The molecule has 0 aromatic heterocycles. The van der Waals surface area contributed by atoms with E-state index in [0.717, 1.165) is 19.4 Å². The Morgan fingerprint density at radius 1 is 1.69 bits per heavy atom. The molecule has 0 aliphatic carbocycles. The average molecular weight is 181 g/mol. The summed E-state index contributed by atoms with van der Waals surface area (Å²) in [4.78, 5) is 11.1. The van der Waals surface area contributed by atoms with Crippen LogP contribution >= 0.6 is 0 Å². The second-order valence-corrected chi connectivity index (χ2v) is 3.57. The molecule has 3 heteroatoms. The minimum atomic E-state index is -0.713. The lowest BCUT2D eigenvalue weighted by molar-refractivity contribution is -0.150. The Balaban J connectivity index is 2.62. The normalized spacial score (nSPS) is 27.9. The Morgan fingerprint density at radius 2 is 2.46 bits per heavy atom. The number of carbonyl (C=O) groups is 1. The lowest BCUT2D eigenvalue weighted by atomic mass is 9.77. The summed E-state index contributed by atoms with van der Waals surface area (Å²) < 4.78 is 0. The predicted molar refractivity (Wildman–Crippen MR) is 50.2 cm³/mol. The third kappa shape index (κ3) is 2.22. The van der Waals surface area contributed by atoms with Gasteiger partial charge in [-0.05, 0) is 25.8 Å². The van der Waals surface area contributed by atoms with Crippen molar-refractivity contribution in [1.82, 2.24) is 5.32 Å². The van der Waals surface area contributed by atoms with Crippen LogP contribution in [0.25, 0.3) is 0 Å². The molecule has 0 spiro atoms. The number of hydrogen-bond acceptors (Lipinski definition) is 2. The molecule has 0 radical (unpaired) electrons. The van der Waals surface area contributed by atoms with Crippen molar-refractivity contribution in [3.8, 4) is 12.3 Å². The van der Waals surface area contributed by atoms with Crippen molar-refractivity contribution in [2.45, 2.75) is 25.7 Å². The van der Waals surface area contributed by atoms with E-state index < -0.39 is 11.4 Å². The van der Waals surface area contributed by atoms with E-state index in [4.69, 9.17) is 11.5 Å². The predicted octanol–water partition coefficient (Wildman–Crippen LogP) is 0.854. The Bertz CT molecular complexity index is 224. The van der Waals surface area contributed by atoms with E-state index >= 15 is 0 Å². The topological polar surface area (TPSA) is 49.3 Å². The van der Waals surface area contributed by atoms with Gasteiger partial charge in [-0.25, -0.2) is 0 Å². The highest BCUT2D eigenvalue weighted by Gasteiger charge is 2.38. The Kier molecular flexibility index (Phi) is 3.32. The van der Waals surface area contributed by atoms with Gasteiger partial charge in [0.1, 0.15) is 0 Å². The maximum absolute atomic E-state index is 11.1. The minimum Gasteiger partial charge on any atom is -0.481 e. The highest BCUT2D eigenvalue weighted by molar-refractivity contribution is 5.75. The van der Waals surface area contributed by atoms with Crippen LogP contribution in [-0.4, -0.2) is 24.2 Å². The first kappa shape index (κ1) is 10.1. The van der Waals surface area contributed by atoms with Crippen LogP contribution in [0.15, 0.2) is 0 Å². The van der Waals surface area contributed by atoms with Crippen LogP contribution in [-0.2, 0) is 4.79 Å². The average Bonchev–Trinajstić information content (AvgIpc) is 2.16. The summed E-state index contributed by atoms with van der Waals surface area (Å²) in [5.41, 5.74) is -0.607. The molecule has 0 amide bonds. The monoisotopic (exact) mass is 181 g/mol. The summed E-state index contributed by atoms with van der Waals surface area (Å²) in [5, 5.41) is 12.2. The molecule has 0 aromatic carbocycles. The number of hydrogen-bond donors (Lipinski definition) is 2. The fourth-order valence-corrected chi connectivity index (χ4v) is 1.78. The van der Waals surface area contributed by atoms with Crippen molar-refractivity contribution in [3.63, 3.8) is 0 Å². The van der Waals surface area contributed by atoms with Crippen LogP contribution in [0.5, 0.6) is 0 Å². The van der Waals surface area contributed by atoms with Gasteiger partial charge in [0.25, 0.3) is 0 Å². The molecule has 1 atom stereocenters. The highest BCUT2D eigenvalue weighted by atomic mass is 16.4. The standard InChI is InChI=1S/C10H15NO2/c1-2-3-5-10(9(12)13)6-4-7-11-8-10/h1,11H,3-8H2,(H,12,13). The van der Waals surface area contributed by atoms with E-state index in [9.17, 15) is 4.79 Å². The summed E-state index contributed by atoms with van der Waals surface area (Å²) in [5.74, 6) is 1.79. The Labute approximate surface area is 78.5 Å². The number of rotatable bonds is 3. The van der Waals surface area contributed by atoms with Crippen LogP contribution in [0.3, 0.4) is 0 Å². The SMILES string of the molecule is C#CCCC1(C(=O)O)CCCNC1. The third-order valence-electron chi connectivity index (χ3n) is 2.67. The number of carboxylic acids is 1. The molecule has 1 fully saturated rings. The van der Waals surface area contributed by atoms with E-state index in [1.807, 2.05) is 0 Å². The third-order valence-corrected chi connectivity index (χ3v) is 2.67. The molecule has 1 heterocycles. The maximum atomic E-state index is 11.1. The van der Waals surface area contributed by atoms with E-state index in [1.165, 1.54) is 0 Å². The largest absolute Gasteiger partial charge is 0.481 e. The van der Waals surface area contributed by atoms with Crippen LogP contribution in [0.1, 0.15) is 25.7 Å².